The molecule has 1 aromatic rings. The summed E-state index contributed by atoms with van der Waals surface area (Å²) in [6, 6.07) is 2.92. The van der Waals surface area contributed by atoms with E-state index in [1.165, 1.54) is 0 Å². The van der Waals surface area contributed by atoms with Gasteiger partial charge in [0.1, 0.15) is 6.04 Å². The Balaban J connectivity index is 2.19. The van der Waals surface area contributed by atoms with Gasteiger partial charge in [-0.25, -0.2) is 0 Å². The first kappa shape index (κ1) is 15.9. The first-order valence-electron chi connectivity index (χ1n) is 7.14. The second kappa shape index (κ2) is 7.00. The fourth-order valence-corrected chi connectivity index (χ4v) is 2.91. The second-order valence-electron chi connectivity index (χ2n) is 5.18. The maximum Gasteiger partial charge on any atom is 0.320 e. The van der Waals surface area contributed by atoms with Gasteiger partial charge in [-0.15, -0.1) is 0 Å². The number of aliphatic carboxylic acids is 1. The van der Waals surface area contributed by atoms with Crippen LogP contribution in [0.3, 0.4) is 0 Å². The van der Waals surface area contributed by atoms with Gasteiger partial charge in [0.15, 0.2) is 11.5 Å². The quantitative estimate of drug-likeness (QED) is 0.874. The minimum atomic E-state index is -0.787. The van der Waals surface area contributed by atoms with Gasteiger partial charge in [0.05, 0.1) is 11.6 Å². The maximum atomic E-state index is 11.3. The monoisotopic (exact) mass is 313 g/mol. The van der Waals surface area contributed by atoms with Gasteiger partial charge in [-0.1, -0.05) is 18.0 Å². The number of piperidine rings is 1. The Morgan fingerprint density at radius 2 is 2.24 bits per heavy atom. The highest BCUT2D eigenvalue weighted by Crippen LogP contribution is 2.36. The second-order valence-corrected chi connectivity index (χ2v) is 5.58. The molecule has 5 nitrogen and oxygen atoms in total. The fourth-order valence-electron chi connectivity index (χ4n) is 2.68. The lowest BCUT2D eigenvalue weighted by atomic mass is 10.0. The number of ether oxygens (including phenoxy) is 1. The highest BCUT2D eigenvalue weighted by Gasteiger charge is 2.28. The molecule has 0 bridgehead atoms. The summed E-state index contributed by atoms with van der Waals surface area (Å²) in [5, 5.41) is 19.3. The van der Waals surface area contributed by atoms with Crippen molar-refractivity contribution < 1.29 is 19.7 Å². The molecule has 0 saturated carbocycles. The van der Waals surface area contributed by atoms with Crippen LogP contribution < -0.4 is 4.74 Å². The van der Waals surface area contributed by atoms with E-state index in [4.69, 9.17) is 16.3 Å². The lowest BCUT2D eigenvalue weighted by Gasteiger charge is -2.33. The van der Waals surface area contributed by atoms with E-state index in [2.05, 4.69) is 0 Å². The Morgan fingerprint density at radius 3 is 2.90 bits per heavy atom. The van der Waals surface area contributed by atoms with Crippen molar-refractivity contribution in [2.45, 2.75) is 38.8 Å². The molecule has 2 rings (SSSR count). The Hall–Kier alpha value is -1.46. The number of nitrogens with zero attached hydrogens (tertiary/aromatic N) is 1. The third-order valence-corrected chi connectivity index (χ3v) is 3.96. The van der Waals surface area contributed by atoms with Crippen LogP contribution in [-0.4, -0.2) is 40.3 Å². The summed E-state index contributed by atoms with van der Waals surface area (Å²) in [5.74, 6) is -0.524. The SMILES string of the molecule is CCOc1cc(CN2CCCCC2C(=O)O)cc(Cl)c1O. The standard InChI is InChI=1S/C15H20ClNO4/c1-2-21-13-8-10(7-11(16)14(13)18)9-17-6-4-3-5-12(17)15(19)20/h7-8,12,18H,2-6,9H2,1H3,(H,19,20). The van der Waals surface area contributed by atoms with Crippen molar-refractivity contribution in [2.75, 3.05) is 13.2 Å². The molecule has 1 aliphatic rings. The Morgan fingerprint density at radius 1 is 1.48 bits per heavy atom. The summed E-state index contributed by atoms with van der Waals surface area (Å²) in [6.45, 7) is 3.48. The molecule has 1 aliphatic heterocycles. The van der Waals surface area contributed by atoms with Crippen molar-refractivity contribution in [2.24, 2.45) is 0 Å². The molecule has 0 amide bonds. The molecular formula is C15H20ClNO4. The lowest BCUT2D eigenvalue weighted by Crippen LogP contribution is -2.43. The van der Waals surface area contributed by atoms with Crippen molar-refractivity contribution in [1.29, 1.82) is 0 Å². The van der Waals surface area contributed by atoms with E-state index in [9.17, 15) is 15.0 Å². The van der Waals surface area contributed by atoms with Gasteiger partial charge in [0.25, 0.3) is 0 Å². The zero-order valence-corrected chi connectivity index (χ0v) is 12.8. The zero-order chi connectivity index (χ0) is 15.4. The van der Waals surface area contributed by atoms with Gasteiger partial charge in [-0.05, 0) is 44.0 Å². The molecule has 1 heterocycles. The van der Waals surface area contributed by atoms with Crippen molar-refractivity contribution in [1.82, 2.24) is 4.90 Å². The smallest absolute Gasteiger partial charge is 0.320 e. The van der Waals surface area contributed by atoms with E-state index < -0.39 is 12.0 Å². The predicted molar refractivity (Wildman–Crippen MR) is 80.0 cm³/mol. The molecular weight excluding hydrogens is 294 g/mol. The number of halogens is 1. The highest BCUT2D eigenvalue weighted by atomic mass is 35.5. The molecule has 0 aromatic heterocycles. The number of benzene rings is 1. The number of aromatic hydroxyl groups is 1. The zero-order valence-electron chi connectivity index (χ0n) is 12.0. The summed E-state index contributed by atoms with van der Waals surface area (Å²) in [6.07, 6.45) is 2.60. The number of hydrogen-bond acceptors (Lipinski definition) is 4. The molecule has 1 saturated heterocycles. The molecule has 116 valence electrons. The summed E-state index contributed by atoms with van der Waals surface area (Å²) in [7, 11) is 0. The van der Waals surface area contributed by atoms with Crippen LogP contribution in [-0.2, 0) is 11.3 Å². The van der Waals surface area contributed by atoms with E-state index >= 15 is 0 Å². The van der Waals surface area contributed by atoms with E-state index in [0.717, 1.165) is 24.9 Å². The maximum absolute atomic E-state index is 11.3. The minimum absolute atomic E-state index is 0.0734. The van der Waals surface area contributed by atoms with Crippen LogP contribution in [0.2, 0.25) is 5.02 Å². The lowest BCUT2D eigenvalue weighted by molar-refractivity contribution is -0.144. The topological polar surface area (TPSA) is 70.0 Å². The fraction of sp³-hybridized carbons (Fsp3) is 0.533. The molecule has 0 radical (unpaired) electrons. The van der Waals surface area contributed by atoms with Gasteiger partial charge in [0.2, 0.25) is 0 Å². The van der Waals surface area contributed by atoms with Crippen molar-refractivity contribution in [3.63, 3.8) is 0 Å². The number of rotatable bonds is 5. The van der Waals surface area contributed by atoms with Gasteiger partial charge < -0.3 is 14.9 Å². The molecule has 1 unspecified atom stereocenters. The van der Waals surface area contributed by atoms with Crippen molar-refractivity contribution in [3.8, 4) is 11.5 Å². The number of hydrogen-bond donors (Lipinski definition) is 2. The van der Waals surface area contributed by atoms with E-state index in [-0.39, 0.29) is 10.8 Å². The number of carboxylic acids is 1. The van der Waals surface area contributed by atoms with Crippen LogP contribution in [0.25, 0.3) is 0 Å². The molecule has 1 aromatic carbocycles. The number of likely N-dealkylation sites (tertiary alicyclic amines) is 1. The molecule has 1 fully saturated rings. The van der Waals surface area contributed by atoms with Gasteiger partial charge in [-0.3, -0.25) is 9.69 Å². The first-order chi connectivity index (χ1) is 10.0. The highest BCUT2D eigenvalue weighted by molar-refractivity contribution is 6.32. The Labute approximate surface area is 129 Å². The number of phenolic OH excluding ortho intramolecular Hbond substituents is 1. The largest absolute Gasteiger partial charge is 0.503 e. The third-order valence-electron chi connectivity index (χ3n) is 3.67. The summed E-state index contributed by atoms with van der Waals surface area (Å²) < 4.78 is 5.35. The van der Waals surface area contributed by atoms with Crippen LogP contribution >= 0.6 is 11.6 Å². The van der Waals surface area contributed by atoms with Gasteiger partial charge in [0, 0.05) is 6.54 Å². The summed E-state index contributed by atoms with van der Waals surface area (Å²) >= 11 is 6.01. The Kier molecular flexibility index (Phi) is 5.31. The predicted octanol–water partition coefficient (Wildman–Crippen LogP) is 2.88. The molecule has 2 N–H and O–H groups in total. The molecule has 21 heavy (non-hydrogen) atoms. The van der Waals surface area contributed by atoms with E-state index in [1.54, 1.807) is 12.1 Å². The van der Waals surface area contributed by atoms with Gasteiger partial charge >= 0.3 is 5.97 Å². The van der Waals surface area contributed by atoms with Crippen LogP contribution in [0.15, 0.2) is 12.1 Å². The van der Waals surface area contributed by atoms with Crippen LogP contribution in [0.4, 0.5) is 0 Å². The van der Waals surface area contributed by atoms with Gasteiger partial charge in [-0.2, -0.15) is 0 Å². The Bertz CT molecular complexity index is 521. The third kappa shape index (κ3) is 3.80. The van der Waals surface area contributed by atoms with Crippen molar-refractivity contribution in [3.05, 3.63) is 22.7 Å². The molecule has 0 aliphatic carbocycles. The molecule has 6 heteroatoms. The van der Waals surface area contributed by atoms with E-state index in [0.29, 0.717) is 25.3 Å². The van der Waals surface area contributed by atoms with Crippen LogP contribution in [0.1, 0.15) is 31.7 Å². The summed E-state index contributed by atoms with van der Waals surface area (Å²) in [5.41, 5.74) is 0.842. The molecule has 0 spiro atoms. The average molecular weight is 314 g/mol. The normalized spacial score (nSPS) is 19.4. The summed E-state index contributed by atoms with van der Waals surface area (Å²) in [4.78, 5) is 13.2. The molecule has 1 atom stereocenters. The number of phenols is 1. The van der Waals surface area contributed by atoms with E-state index in [1.807, 2.05) is 11.8 Å². The first-order valence-corrected chi connectivity index (χ1v) is 7.51. The van der Waals surface area contributed by atoms with Crippen LogP contribution in [0.5, 0.6) is 11.5 Å². The number of carboxylic acid groups (broad SMARTS) is 1. The van der Waals surface area contributed by atoms with Crippen LogP contribution in [0, 0.1) is 0 Å². The minimum Gasteiger partial charge on any atom is -0.503 e. The van der Waals surface area contributed by atoms with Crippen molar-refractivity contribution >= 4 is 17.6 Å². The average Bonchev–Trinajstić information content (AvgIpc) is 2.45. The number of carbonyl (C=O) groups is 1.